The molecule has 1 aromatic carbocycles. The van der Waals surface area contributed by atoms with Gasteiger partial charge < -0.3 is 10.4 Å². The zero-order valence-corrected chi connectivity index (χ0v) is 17.1. The number of carbonyl (C=O) groups is 2. The molecule has 0 radical (unpaired) electrons. The molecule has 0 bridgehead atoms. The molecule has 9 heteroatoms. The molecule has 0 aliphatic heterocycles. The molecule has 1 atom stereocenters. The number of benzene rings is 1. The average molecular weight is 430 g/mol. The fourth-order valence-corrected chi connectivity index (χ4v) is 4.12. The second-order valence-corrected chi connectivity index (χ2v) is 8.04. The number of nitrogens with zero attached hydrogens (tertiary/aromatic N) is 1. The van der Waals surface area contributed by atoms with Crippen LogP contribution in [0.15, 0.2) is 47.3 Å². The molecule has 0 spiro atoms. The molecule has 7 nitrogen and oxygen atoms in total. The van der Waals surface area contributed by atoms with Crippen LogP contribution in [0.3, 0.4) is 0 Å². The van der Waals surface area contributed by atoms with Crippen molar-refractivity contribution in [2.24, 2.45) is 0 Å². The third kappa shape index (κ3) is 5.29. The summed E-state index contributed by atoms with van der Waals surface area (Å²) in [6, 6.07) is 8.96. The minimum absolute atomic E-state index is 0.101. The molecular weight excluding hydrogens is 410 g/mol. The number of phenolic OH excluding ortho intramolecular Hbond substituents is 1. The second kappa shape index (κ2) is 9.46. The molecule has 4 N–H and O–H groups in total. The fraction of sp³-hybridized carbons (Fsp3) is 0.150. The maximum Gasteiger partial charge on any atom is 0.266 e. The van der Waals surface area contributed by atoms with E-state index in [1.54, 1.807) is 29.2 Å². The molecule has 0 saturated heterocycles. The Bertz CT molecular complexity index is 1010. The molecule has 0 aliphatic carbocycles. The molecule has 0 aliphatic rings. The Hall–Kier alpha value is -3.01. The summed E-state index contributed by atoms with van der Waals surface area (Å²) in [6.45, 7) is 1.86. The van der Waals surface area contributed by atoms with Gasteiger partial charge >= 0.3 is 0 Å². The molecule has 2 aromatic heterocycles. The van der Waals surface area contributed by atoms with Gasteiger partial charge in [0.1, 0.15) is 11.8 Å². The molecule has 3 rings (SSSR count). The lowest BCUT2D eigenvalue weighted by molar-refractivity contribution is -0.133. The lowest BCUT2D eigenvalue weighted by Gasteiger charge is -2.18. The Balaban J connectivity index is 1.87. The van der Waals surface area contributed by atoms with Crippen LogP contribution < -0.4 is 10.8 Å². The lowest BCUT2D eigenvalue weighted by Crippen LogP contribution is -2.47. The summed E-state index contributed by atoms with van der Waals surface area (Å²) < 4.78 is 0. The van der Waals surface area contributed by atoms with E-state index in [-0.39, 0.29) is 12.2 Å². The number of aryl methyl sites for hydroxylation is 1. The number of phenols is 1. The average Bonchev–Trinajstić information content (AvgIpc) is 3.38. The van der Waals surface area contributed by atoms with Gasteiger partial charge in [0.15, 0.2) is 0 Å². The maximum atomic E-state index is 13.1. The third-order valence-corrected chi connectivity index (χ3v) is 5.98. The van der Waals surface area contributed by atoms with Gasteiger partial charge in [-0.05, 0) is 42.1 Å². The summed E-state index contributed by atoms with van der Waals surface area (Å²) in [5.74, 6) is -1.07. The number of aromatic nitrogens is 1. The number of carbonyl (C=O) groups excluding carboxylic acids is 2. The summed E-state index contributed by atoms with van der Waals surface area (Å²) in [5.41, 5.74) is 5.25. The number of hydrogen-bond donors (Lipinski definition) is 4. The molecule has 29 heavy (non-hydrogen) atoms. The fourth-order valence-electron chi connectivity index (χ4n) is 2.65. The monoisotopic (exact) mass is 429 g/mol. The van der Waals surface area contributed by atoms with Crippen molar-refractivity contribution in [1.29, 1.82) is 0 Å². The number of thiazole rings is 1. The van der Waals surface area contributed by atoms with Crippen molar-refractivity contribution in [1.82, 2.24) is 15.8 Å². The number of hydroxylamine groups is 1. The normalized spacial score (nSPS) is 12.4. The van der Waals surface area contributed by atoms with E-state index in [4.69, 9.17) is 5.21 Å². The van der Waals surface area contributed by atoms with E-state index >= 15 is 0 Å². The summed E-state index contributed by atoms with van der Waals surface area (Å²) in [7, 11) is 0. The first kappa shape index (κ1) is 20.7. The summed E-state index contributed by atoms with van der Waals surface area (Å²) in [5, 5.41) is 23.1. The van der Waals surface area contributed by atoms with Crippen molar-refractivity contribution in [2.75, 3.05) is 0 Å². The number of rotatable bonds is 7. The minimum Gasteiger partial charge on any atom is -0.508 e. The van der Waals surface area contributed by atoms with E-state index < -0.39 is 17.9 Å². The predicted octanol–water partition coefficient (Wildman–Crippen LogP) is 2.99. The van der Waals surface area contributed by atoms with E-state index in [0.29, 0.717) is 5.57 Å². The van der Waals surface area contributed by atoms with Crippen LogP contribution in [0.1, 0.15) is 21.0 Å². The SMILES string of the molecule is Cc1ncsc1/C=C(\C(=O)NC(Cc1ccc(O)cc1)C(=O)NO)c1cccs1. The van der Waals surface area contributed by atoms with Crippen molar-refractivity contribution in [3.8, 4) is 5.75 Å². The number of thiophene rings is 1. The second-order valence-electron chi connectivity index (χ2n) is 6.21. The predicted molar refractivity (Wildman–Crippen MR) is 113 cm³/mol. The van der Waals surface area contributed by atoms with Crippen LogP contribution in [0.2, 0.25) is 0 Å². The van der Waals surface area contributed by atoms with Crippen LogP contribution in [0.5, 0.6) is 5.75 Å². The zero-order chi connectivity index (χ0) is 20.8. The van der Waals surface area contributed by atoms with Gasteiger partial charge in [0.2, 0.25) is 0 Å². The maximum absolute atomic E-state index is 13.1. The van der Waals surface area contributed by atoms with Crippen molar-refractivity contribution < 1.29 is 19.9 Å². The van der Waals surface area contributed by atoms with E-state index in [1.807, 2.05) is 24.4 Å². The van der Waals surface area contributed by atoms with Gasteiger partial charge in [0.05, 0.1) is 21.7 Å². The van der Waals surface area contributed by atoms with E-state index in [2.05, 4.69) is 10.3 Å². The summed E-state index contributed by atoms with van der Waals surface area (Å²) >= 11 is 2.83. The first-order valence-electron chi connectivity index (χ1n) is 8.66. The van der Waals surface area contributed by atoms with Gasteiger partial charge in [-0.1, -0.05) is 18.2 Å². The molecule has 2 heterocycles. The molecule has 150 valence electrons. The van der Waals surface area contributed by atoms with Crippen molar-refractivity contribution >= 4 is 46.1 Å². The van der Waals surface area contributed by atoms with Crippen molar-refractivity contribution in [3.05, 3.63) is 68.3 Å². The highest BCUT2D eigenvalue weighted by Crippen LogP contribution is 2.26. The van der Waals surface area contributed by atoms with E-state index in [9.17, 15) is 14.7 Å². The molecule has 2 amide bonds. The smallest absolute Gasteiger partial charge is 0.266 e. The first-order chi connectivity index (χ1) is 14.0. The topological polar surface area (TPSA) is 112 Å². The Morgan fingerprint density at radius 3 is 2.55 bits per heavy atom. The Morgan fingerprint density at radius 1 is 1.21 bits per heavy atom. The van der Waals surface area contributed by atoms with Gasteiger partial charge in [-0.25, -0.2) is 10.5 Å². The van der Waals surface area contributed by atoms with Crippen molar-refractivity contribution in [3.63, 3.8) is 0 Å². The number of aromatic hydroxyl groups is 1. The van der Waals surface area contributed by atoms with Crippen LogP contribution >= 0.6 is 22.7 Å². The molecule has 1 unspecified atom stereocenters. The largest absolute Gasteiger partial charge is 0.508 e. The highest BCUT2D eigenvalue weighted by molar-refractivity contribution is 7.12. The molecule has 0 fully saturated rings. The zero-order valence-electron chi connectivity index (χ0n) is 15.5. The highest BCUT2D eigenvalue weighted by atomic mass is 32.1. The first-order valence-corrected chi connectivity index (χ1v) is 10.4. The summed E-state index contributed by atoms with van der Waals surface area (Å²) in [6.07, 6.45) is 1.90. The highest BCUT2D eigenvalue weighted by Gasteiger charge is 2.24. The molecule has 0 saturated carbocycles. The van der Waals surface area contributed by atoms with Gasteiger partial charge in [0, 0.05) is 11.3 Å². The van der Waals surface area contributed by atoms with Crippen LogP contribution in [0.4, 0.5) is 0 Å². The number of nitrogens with one attached hydrogen (secondary N) is 2. The van der Waals surface area contributed by atoms with Gasteiger partial charge in [-0.15, -0.1) is 22.7 Å². The van der Waals surface area contributed by atoms with Crippen molar-refractivity contribution in [2.45, 2.75) is 19.4 Å². The number of hydrogen-bond acceptors (Lipinski definition) is 7. The van der Waals surface area contributed by atoms with Crippen LogP contribution in [-0.2, 0) is 16.0 Å². The Morgan fingerprint density at radius 2 is 1.97 bits per heavy atom. The number of amides is 2. The molecule has 3 aromatic rings. The minimum atomic E-state index is -0.997. The standard InChI is InChI=1S/C20H19N3O4S2/c1-12-18(29-11-21-12)10-15(17-3-2-8-28-17)19(25)22-16(20(26)23-27)9-13-4-6-14(24)7-5-13/h2-8,10-11,16,24,27H,9H2,1H3,(H,22,25)(H,23,26)/b15-10-. The Kier molecular flexibility index (Phi) is 6.76. The quantitative estimate of drug-likeness (QED) is 0.262. The van der Waals surface area contributed by atoms with Gasteiger partial charge in [-0.3, -0.25) is 14.8 Å². The Labute approximate surface area is 175 Å². The van der Waals surface area contributed by atoms with E-state index in [1.165, 1.54) is 34.8 Å². The van der Waals surface area contributed by atoms with Gasteiger partial charge in [-0.2, -0.15) is 0 Å². The third-order valence-electron chi connectivity index (χ3n) is 4.20. The van der Waals surface area contributed by atoms with Crippen LogP contribution in [-0.4, -0.2) is 33.2 Å². The molecular formula is C20H19N3O4S2. The van der Waals surface area contributed by atoms with Crippen LogP contribution in [0, 0.1) is 6.92 Å². The van der Waals surface area contributed by atoms with Gasteiger partial charge in [0.25, 0.3) is 11.8 Å². The van der Waals surface area contributed by atoms with Crippen LogP contribution in [0.25, 0.3) is 11.6 Å². The lowest BCUT2D eigenvalue weighted by atomic mass is 10.0. The van der Waals surface area contributed by atoms with E-state index in [0.717, 1.165) is 21.0 Å². The summed E-state index contributed by atoms with van der Waals surface area (Å²) in [4.78, 5) is 31.0.